The van der Waals surface area contributed by atoms with E-state index in [1.165, 1.54) is 4.90 Å². The third-order valence-corrected chi connectivity index (χ3v) is 5.92. The predicted octanol–water partition coefficient (Wildman–Crippen LogP) is 2.54. The predicted molar refractivity (Wildman–Crippen MR) is 93.4 cm³/mol. The van der Waals surface area contributed by atoms with Gasteiger partial charge < -0.3 is 0 Å². The van der Waals surface area contributed by atoms with Gasteiger partial charge in [-0.1, -0.05) is 30.2 Å². The van der Waals surface area contributed by atoms with Crippen molar-refractivity contribution in [3.05, 3.63) is 52.7 Å². The highest BCUT2D eigenvalue weighted by Gasteiger charge is 2.61. The molecule has 0 spiro atoms. The molecule has 2 amide bonds. The summed E-state index contributed by atoms with van der Waals surface area (Å²) in [6.45, 7) is 0. The van der Waals surface area contributed by atoms with E-state index in [2.05, 4.69) is 5.92 Å². The van der Waals surface area contributed by atoms with Gasteiger partial charge in [-0.15, -0.1) is 17.8 Å². The van der Waals surface area contributed by atoms with Crippen LogP contribution in [0.25, 0.3) is 0 Å². The number of anilines is 1. The van der Waals surface area contributed by atoms with Crippen molar-refractivity contribution in [1.29, 1.82) is 0 Å². The molecular weight excluding hydrogens is 320 g/mol. The van der Waals surface area contributed by atoms with Crippen LogP contribution in [0.3, 0.4) is 0 Å². The van der Waals surface area contributed by atoms with Gasteiger partial charge in [0.25, 0.3) is 0 Å². The Hall–Kier alpha value is -2.42. The van der Waals surface area contributed by atoms with Gasteiger partial charge in [-0.05, 0) is 30.6 Å². The number of terminal acetylenes is 1. The Bertz CT molecular complexity index is 825. The number of likely N-dealkylation sites (tertiary alicyclic amines) is 1. The Morgan fingerprint density at radius 3 is 2.38 bits per heavy atom. The van der Waals surface area contributed by atoms with Gasteiger partial charge >= 0.3 is 0 Å². The zero-order valence-electron chi connectivity index (χ0n) is 13.1. The first-order valence-corrected chi connectivity index (χ1v) is 8.67. The molecule has 4 rings (SSSR count). The molecule has 2 aromatic rings. The van der Waals surface area contributed by atoms with E-state index in [9.17, 15) is 9.59 Å². The molecule has 0 N–H and O–H groups in total. The van der Waals surface area contributed by atoms with Gasteiger partial charge in [0.2, 0.25) is 11.8 Å². The molecule has 0 aliphatic carbocycles. The quantitative estimate of drug-likeness (QED) is 0.625. The standard InChI is InChI=1S/C19H16N2O2S/c1-3-13-15-16(17(20(13)2)14-10-7-11-24-14)19(23)21(18(15)22)12-8-5-4-6-9-12/h1,4-11,13,15-17H,2H3/t13-,15-,16-,17-/m0/s1. The molecule has 0 unspecified atom stereocenters. The second-order valence-corrected chi connectivity index (χ2v) is 7.12. The molecule has 2 aliphatic rings. The summed E-state index contributed by atoms with van der Waals surface area (Å²) >= 11 is 1.59. The molecule has 5 heteroatoms. The zero-order valence-corrected chi connectivity index (χ0v) is 13.9. The number of thiophene rings is 1. The Balaban J connectivity index is 1.81. The maximum absolute atomic E-state index is 13.1. The van der Waals surface area contributed by atoms with Crippen molar-refractivity contribution in [2.75, 3.05) is 11.9 Å². The fourth-order valence-corrected chi connectivity index (χ4v) is 4.87. The number of para-hydroxylation sites is 1. The van der Waals surface area contributed by atoms with Gasteiger partial charge in [-0.3, -0.25) is 14.5 Å². The number of carbonyl (C=O) groups is 2. The molecule has 0 radical (unpaired) electrons. The number of amides is 2. The molecule has 0 bridgehead atoms. The van der Waals surface area contributed by atoms with Gasteiger partial charge in [0.15, 0.2) is 0 Å². The minimum Gasteiger partial charge on any atom is -0.283 e. The molecule has 120 valence electrons. The Kier molecular flexibility index (Phi) is 3.52. The van der Waals surface area contributed by atoms with Crippen LogP contribution in [-0.2, 0) is 9.59 Å². The maximum atomic E-state index is 13.1. The molecule has 1 aromatic carbocycles. The van der Waals surface area contributed by atoms with Gasteiger partial charge in [-0.2, -0.15) is 0 Å². The number of rotatable bonds is 2. The number of hydrogen-bond donors (Lipinski definition) is 0. The van der Waals surface area contributed by atoms with Gasteiger partial charge in [-0.25, -0.2) is 4.90 Å². The number of hydrogen-bond acceptors (Lipinski definition) is 4. The molecular formula is C19H16N2O2S. The van der Waals surface area contributed by atoms with E-state index in [4.69, 9.17) is 6.42 Å². The lowest BCUT2D eigenvalue weighted by Crippen LogP contribution is -2.39. The van der Waals surface area contributed by atoms with Crippen molar-refractivity contribution in [3.8, 4) is 12.3 Å². The molecule has 0 saturated carbocycles. The summed E-state index contributed by atoms with van der Waals surface area (Å²) in [6, 6.07) is 12.5. The molecule has 2 fully saturated rings. The first-order valence-electron chi connectivity index (χ1n) is 7.79. The third-order valence-electron chi connectivity index (χ3n) is 4.98. The fourth-order valence-electron chi connectivity index (χ4n) is 3.95. The van der Waals surface area contributed by atoms with Crippen molar-refractivity contribution in [2.24, 2.45) is 11.8 Å². The zero-order chi connectivity index (χ0) is 16.8. The van der Waals surface area contributed by atoms with Crippen LogP contribution in [0.1, 0.15) is 10.9 Å². The largest absolute Gasteiger partial charge is 0.283 e. The van der Waals surface area contributed by atoms with Gasteiger partial charge in [0, 0.05) is 4.88 Å². The molecule has 2 saturated heterocycles. The van der Waals surface area contributed by atoms with E-state index in [0.29, 0.717) is 5.69 Å². The van der Waals surface area contributed by atoms with Crippen LogP contribution in [-0.4, -0.2) is 29.8 Å². The van der Waals surface area contributed by atoms with E-state index in [-0.39, 0.29) is 23.9 Å². The van der Waals surface area contributed by atoms with Crippen molar-refractivity contribution >= 4 is 28.8 Å². The van der Waals surface area contributed by atoms with E-state index in [1.54, 1.807) is 23.5 Å². The first-order chi connectivity index (χ1) is 11.6. The summed E-state index contributed by atoms with van der Waals surface area (Å²) in [5.41, 5.74) is 0.616. The second-order valence-electron chi connectivity index (χ2n) is 6.14. The van der Waals surface area contributed by atoms with Crippen LogP contribution < -0.4 is 4.90 Å². The number of benzene rings is 1. The van der Waals surface area contributed by atoms with E-state index in [1.807, 2.05) is 47.7 Å². The molecule has 4 atom stereocenters. The first kappa shape index (κ1) is 15.1. The number of fused-ring (bicyclic) bond motifs is 1. The van der Waals surface area contributed by atoms with Crippen LogP contribution in [0.4, 0.5) is 5.69 Å². The van der Waals surface area contributed by atoms with Crippen molar-refractivity contribution in [2.45, 2.75) is 12.1 Å². The summed E-state index contributed by atoms with van der Waals surface area (Å²) < 4.78 is 0. The summed E-state index contributed by atoms with van der Waals surface area (Å²) in [6.07, 6.45) is 5.72. The van der Waals surface area contributed by atoms with Gasteiger partial charge in [0.1, 0.15) is 0 Å². The summed E-state index contributed by atoms with van der Waals surface area (Å²) in [5, 5.41) is 1.98. The monoisotopic (exact) mass is 336 g/mol. The SMILES string of the molecule is C#C[C@H]1[C@@H]2C(=O)N(c3ccccc3)C(=O)[C@@H]2[C@H](c2cccs2)N1C. The number of nitrogens with zero attached hydrogens (tertiary/aromatic N) is 2. The summed E-state index contributed by atoms with van der Waals surface area (Å²) in [4.78, 5) is 30.5. The topological polar surface area (TPSA) is 40.6 Å². The van der Waals surface area contributed by atoms with Crippen LogP contribution in [0.15, 0.2) is 47.8 Å². The lowest BCUT2D eigenvalue weighted by atomic mass is 9.89. The number of imide groups is 1. The third kappa shape index (κ3) is 1.97. The summed E-state index contributed by atoms with van der Waals surface area (Å²) in [7, 11) is 1.90. The summed E-state index contributed by atoms with van der Waals surface area (Å²) in [5.74, 6) is 1.47. The Morgan fingerprint density at radius 2 is 1.75 bits per heavy atom. The average molecular weight is 336 g/mol. The molecule has 1 aromatic heterocycles. The van der Waals surface area contributed by atoms with Crippen LogP contribution in [0.2, 0.25) is 0 Å². The minimum atomic E-state index is -0.486. The molecule has 2 aliphatic heterocycles. The molecule has 3 heterocycles. The molecule has 24 heavy (non-hydrogen) atoms. The lowest BCUT2D eigenvalue weighted by Gasteiger charge is -2.27. The number of carbonyl (C=O) groups excluding carboxylic acids is 2. The van der Waals surface area contributed by atoms with Crippen LogP contribution >= 0.6 is 11.3 Å². The average Bonchev–Trinajstić information content (AvgIpc) is 3.26. The van der Waals surface area contributed by atoms with Gasteiger partial charge in [0.05, 0.1) is 29.6 Å². The van der Waals surface area contributed by atoms with Crippen LogP contribution in [0, 0.1) is 24.2 Å². The lowest BCUT2D eigenvalue weighted by molar-refractivity contribution is -0.123. The Morgan fingerprint density at radius 1 is 1.04 bits per heavy atom. The normalized spacial score (nSPS) is 29.8. The van der Waals surface area contributed by atoms with E-state index >= 15 is 0 Å². The van der Waals surface area contributed by atoms with Crippen LogP contribution in [0.5, 0.6) is 0 Å². The minimum absolute atomic E-state index is 0.152. The smallest absolute Gasteiger partial charge is 0.240 e. The van der Waals surface area contributed by atoms with Crippen molar-refractivity contribution < 1.29 is 9.59 Å². The second kappa shape index (κ2) is 5.59. The highest BCUT2D eigenvalue weighted by Crippen LogP contribution is 2.50. The highest BCUT2D eigenvalue weighted by atomic mass is 32.1. The fraction of sp³-hybridized carbons (Fsp3) is 0.263. The maximum Gasteiger partial charge on any atom is 0.240 e. The molecule has 4 nitrogen and oxygen atoms in total. The van der Waals surface area contributed by atoms with E-state index in [0.717, 1.165) is 4.88 Å². The van der Waals surface area contributed by atoms with Crippen molar-refractivity contribution in [3.63, 3.8) is 0 Å². The highest BCUT2D eigenvalue weighted by molar-refractivity contribution is 7.10. The van der Waals surface area contributed by atoms with Crippen molar-refractivity contribution in [1.82, 2.24) is 4.90 Å². The Labute approximate surface area is 144 Å². The van der Waals surface area contributed by atoms with E-state index < -0.39 is 11.8 Å².